The topological polar surface area (TPSA) is 27.0 Å². The Labute approximate surface area is 91.1 Å². The van der Waals surface area contributed by atoms with Crippen LogP contribution in [0, 0.1) is 17.2 Å². The average Bonchev–Trinajstić information content (AvgIpc) is 2.32. The zero-order valence-electron chi connectivity index (χ0n) is 8.89. The molecule has 1 heterocycles. The minimum atomic E-state index is 0.620. The van der Waals surface area contributed by atoms with Crippen LogP contribution in [0.1, 0.15) is 19.3 Å². The molecule has 2 heteroatoms. The first-order chi connectivity index (χ1) is 7.40. The summed E-state index contributed by atoms with van der Waals surface area (Å²) in [4.78, 5) is 2.41. The van der Waals surface area contributed by atoms with Crippen molar-refractivity contribution >= 4 is 5.69 Å². The van der Waals surface area contributed by atoms with Crippen molar-refractivity contribution in [3.63, 3.8) is 0 Å². The van der Waals surface area contributed by atoms with Crippen LogP contribution in [0.15, 0.2) is 30.3 Å². The predicted molar refractivity (Wildman–Crippen MR) is 61.6 cm³/mol. The largest absolute Gasteiger partial charge is 0.372 e. The number of nitrogens with zero attached hydrogens (tertiary/aromatic N) is 2. The van der Waals surface area contributed by atoms with E-state index >= 15 is 0 Å². The number of nitriles is 1. The number of anilines is 1. The highest BCUT2D eigenvalue weighted by molar-refractivity contribution is 5.46. The van der Waals surface area contributed by atoms with Crippen LogP contribution in [0.5, 0.6) is 0 Å². The third-order valence-electron chi connectivity index (χ3n) is 3.12. The number of benzene rings is 1. The maximum atomic E-state index is 8.64. The van der Waals surface area contributed by atoms with Gasteiger partial charge in [0.05, 0.1) is 6.07 Å². The molecule has 0 radical (unpaired) electrons. The van der Waals surface area contributed by atoms with E-state index in [2.05, 4.69) is 35.2 Å². The minimum Gasteiger partial charge on any atom is -0.372 e. The standard InChI is InChI=1S/C13H16N2/c14-9-6-12-7-10-15(11-8-12)13-4-2-1-3-5-13/h1-5,12H,6-8,10-11H2. The molecule has 0 saturated carbocycles. The van der Waals surface area contributed by atoms with Crippen molar-refractivity contribution in [2.75, 3.05) is 18.0 Å². The summed E-state index contributed by atoms with van der Waals surface area (Å²) in [6, 6.07) is 12.8. The molecule has 0 spiro atoms. The van der Waals surface area contributed by atoms with Crippen LogP contribution in [0.2, 0.25) is 0 Å². The van der Waals surface area contributed by atoms with Crippen LogP contribution >= 0.6 is 0 Å². The molecule has 1 aromatic rings. The summed E-state index contributed by atoms with van der Waals surface area (Å²) in [5, 5.41) is 8.64. The summed E-state index contributed by atoms with van der Waals surface area (Å²) in [5.74, 6) is 0.620. The Balaban J connectivity index is 1.92. The van der Waals surface area contributed by atoms with Crippen LogP contribution < -0.4 is 4.90 Å². The van der Waals surface area contributed by atoms with Crippen LogP contribution in [0.25, 0.3) is 0 Å². The van der Waals surface area contributed by atoms with Crippen LogP contribution in [0.4, 0.5) is 5.69 Å². The lowest BCUT2D eigenvalue weighted by molar-refractivity contribution is 0.413. The predicted octanol–water partition coefficient (Wildman–Crippen LogP) is 2.82. The molecule has 0 aromatic heterocycles. The summed E-state index contributed by atoms with van der Waals surface area (Å²) in [6.45, 7) is 2.19. The quantitative estimate of drug-likeness (QED) is 0.734. The monoisotopic (exact) mass is 200 g/mol. The summed E-state index contributed by atoms with van der Waals surface area (Å²) in [7, 11) is 0. The molecule has 1 saturated heterocycles. The summed E-state index contributed by atoms with van der Waals surface area (Å²) in [5.41, 5.74) is 1.31. The first-order valence-corrected chi connectivity index (χ1v) is 5.57. The van der Waals surface area contributed by atoms with Crippen LogP contribution in [-0.2, 0) is 0 Å². The summed E-state index contributed by atoms with van der Waals surface area (Å²) >= 11 is 0. The fourth-order valence-electron chi connectivity index (χ4n) is 2.16. The van der Waals surface area contributed by atoms with Gasteiger partial charge >= 0.3 is 0 Å². The van der Waals surface area contributed by atoms with Crippen molar-refractivity contribution in [3.8, 4) is 6.07 Å². The molecule has 15 heavy (non-hydrogen) atoms. The Kier molecular flexibility index (Phi) is 3.24. The number of hydrogen-bond acceptors (Lipinski definition) is 2. The third kappa shape index (κ3) is 2.50. The molecule has 0 N–H and O–H groups in total. The molecule has 78 valence electrons. The third-order valence-corrected chi connectivity index (χ3v) is 3.12. The van der Waals surface area contributed by atoms with Crippen molar-refractivity contribution in [3.05, 3.63) is 30.3 Å². The van der Waals surface area contributed by atoms with Gasteiger partial charge in [-0.2, -0.15) is 5.26 Å². The molecule has 1 aliphatic rings. The zero-order valence-corrected chi connectivity index (χ0v) is 8.89. The lowest BCUT2D eigenvalue weighted by Gasteiger charge is -2.32. The highest BCUT2D eigenvalue weighted by Gasteiger charge is 2.18. The van der Waals surface area contributed by atoms with Gasteiger partial charge < -0.3 is 4.90 Å². The zero-order chi connectivity index (χ0) is 10.5. The van der Waals surface area contributed by atoms with Gasteiger partial charge in [-0.05, 0) is 30.9 Å². The maximum Gasteiger partial charge on any atom is 0.0624 e. The number of rotatable bonds is 2. The molecular formula is C13H16N2. The van der Waals surface area contributed by atoms with Gasteiger partial charge in [-0.15, -0.1) is 0 Å². The van der Waals surface area contributed by atoms with Gasteiger partial charge in [-0.25, -0.2) is 0 Å². The van der Waals surface area contributed by atoms with Crippen molar-refractivity contribution in [2.45, 2.75) is 19.3 Å². The van der Waals surface area contributed by atoms with Crippen molar-refractivity contribution in [1.29, 1.82) is 5.26 Å². The lowest BCUT2D eigenvalue weighted by Crippen LogP contribution is -2.33. The van der Waals surface area contributed by atoms with E-state index in [0.29, 0.717) is 5.92 Å². The smallest absolute Gasteiger partial charge is 0.0624 e. The normalized spacial score (nSPS) is 17.4. The second-order valence-electron chi connectivity index (χ2n) is 4.13. The van der Waals surface area contributed by atoms with E-state index in [0.717, 1.165) is 32.4 Å². The first kappa shape index (κ1) is 10.0. The highest BCUT2D eigenvalue weighted by Crippen LogP contribution is 2.24. The Bertz CT molecular complexity index is 331. The molecule has 1 aromatic carbocycles. The van der Waals surface area contributed by atoms with Crippen molar-refractivity contribution < 1.29 is 0 Å². The number of para-hydroxylation sites is 1. The number of hydrogen-bond donors (Lipinski definition) is 0. The second-order valence-corrected chi connectivity index (χ2v) is 4.13. The molecule has 0 bridgehead atoms. The molecule has 2 nitrogen and oxygen atoms in total. The van der Waals surface area contributed by atoms with E-state index < -0.39 is 0 Å². The fraction of sp³-hybridized carbons (Fsp3) is 0.462. The summed E-state index contributed by atoms with van der Waals surface area (Å²) in [6.07, 6.45) is 3.04. The highest BCUT2D eigenvalue weighted by atomic mass is 15.1. The molecule has 0 aliphatic carbocycles. The van der Waals surface area contributed by atoms with Crippen molar-refractivity contribution in [2.24, 2.45) is 5.92 Å². The molecular weight excluding hydrogens is 184 g/mol. The van der Waals surface area contributed by atoms with Crippen molar-refractivity contribution in [1.82, 2.24) is 0 Å². The first-order valence-electron chi connectivity index (χ1n) is 5.57. The van der Waals surface area contributed by atoms with Gasteiger partial charge in [-0.1, -0.05) is 18.2 Å². The van der Waals surface area contributed by atoms with Gasteiger partial charge in [0, 0.05) is 25.2 Å². The Morgan fingerprint density at radius 1 is 1.20 bits per heavy atom. The van der Waals surface area contributed by atoms with Gasteiger partial charge in [0.1, 0.15) is 0 Å². The van der Waals surface area contributed by atoms with E-state index in [4.69, 9.17) is 5.26 Å². The van der Waals surface area contributed by atoms with Crippen LogP contribution in [-0.4, -0.2) is 13.1 Å². The van der Waals surface area contributed by atoms with Gasteiger partial charge in [0.25, 0.3) is 0 Å². The van der Waals surface area contributed by atoms with E-state index in [1.165, 1.54) is 5.69 Å². The van der Waals surface area contributed by atoms with Crippen LogP contribution in [0.3, 0.4) is 0 Å². The minimum absolute atomic E-state index is 0.620. The molecule has 2 rings (SSSR count). The Hall–Kier alpha value is -1.49. The summed E-state index contributed by atoms with van der Waals surface area (Å²) < 4.78 is 0. The average molecular weight is 200 g/mol. The molecule has 0 amide bonds. The Morgan fingerprint density at radius 2 is 1.87 bits per heavy atom. The molecule has 1 aliphatic heterocycles. The fourth-order valence-corrected chi connectivity index (χ4v) is 2.16. The van der Waals surface area contributed by atoms with Gasteiger partial charge in [0.2, 0.25) is 0 Å². The Morgan fingerprint density at radius 3 is 2.47 bits per heavy atom. The van der Waals surface area contributed by atoms with E-state index in [1.54, 1.807) is 0 Å². The second kappa shape index (κ2) is 4.84. The molecule has 1 fully saturated rings. The van der Waals surface area contributed by atoms with E-state index in [1.807, 2.05) is 6.07 Å². The number of piperidine rings is 1. The van der Waals surface area contributed by atoms with E-state index in [-0.39, 0.29) is 0 Å². The van der Waals surface area contributed by atoms with Gasteiger partial charge in [-0.3, -0.25) is 0 Å². The lowest BCUT2D eigenvalue weighted by atomic mass is 9.94. The maximum absolute atomic E-state index is 8.64. The molecule has 0 unspecified atom stereocenters. The van der Waals surface area contributed by atoms with E-state index in [9.17, 15) is 0 Å². The van der Waals surface area contributed by atoms with Gasteiger partial charge in [0.15, 0.2) is 0 Å². The SMILES string of the molecule is N#CCC1CCN(c2ccccc2)CC1. The molecule has 0 atom stereocenters.